The van der Waals surface area contributed by atoms with Crippen LogP contribution in [0.25, 0.3) is 6.08 Å². The molecule has 0 bridgehead atoms. The topological polar surface area (TPSA) is 64.6 Å². The second-order valence-electron chi connectivity index (χ2n) is 5.75. The minimum atomic E-state index is -0.412. The summed E-state index contributed by atoms with van der Waals surface area (Å²) in [5, 5.41) is 3.29. The Morgan fingerprint density at radius 1 is 1.36 bits per heavy atom. The number of carbonyl (C=O) groups is 2. The van der Waals surface area contributed by atoms with Crippen molar-refractivity contribution in [1.29, 1.82) is 0 Å². The molecular weight excluding hydrogens is 282 g/mol. The monoisotopic (exact) mass is 301 g/mol. The van der Waals surface area contributed by atoms with E-state index in [0.29, 0.717) is 17.7 Å². The van der Waals surface area contributed by atoms with Gasteiger partial charge in [-0.2, -0.15) is 0 Å². The molecule has 0 amide bonds. The molecule has 116 valence electrons. The van der Waals surface area contributed by atoms with Crippen molar-refractivity contribution in [2.24, 2.45) is 0 Å². The molecule has 3 rings (SSSR count). The lowest BCUT2D eigenvalue weighted by Crippen LogP contribution is -2.49. The number of esters is 1. The van der Waals surface area contributed by atoms with Gasteiger partial charge in [0.1, 0.15) is 11.4 Å². The van der Waals surface area contributed by atoms with Gasteiger partial charge in [0.25, 0.3) is 0 Å². The number of ketones is 1. The number of Topliss-reactive ketones (excluding diaryl/α,β-unsaturated/α-hetero) is 1. The average molecular weight is 301 g/mol. The number of fused-ring (bicyclic) bond motifs is 1. The normalized spacial score (nSPS) is 19.8. The minimum absolute atomic E-state index is 0.131. The van der Waals surface area contributed by atoms with E-state index in [9.17, 15) is 9.59 Å². The van der Waals surface area contributed by atoms with Crippen LogP contribution in [-0.2, 0) is 9.53 Å². The SMILES string of the molecule is COC(=O)/C=C/c1ccc2c(c1)OC1(CCNCC1)CC2=O. The van der Waals surface area contributed by atoms with Gasteiger partial charge < -0.3 is 14.8 Å². The fourth-order valence-corrected chi connectivity index (χ4v) is 3.01. The number of methoxy groups -OCH3 is 1. The van der Waals surface area contributed by atoms with Crippen molar-refractivity contribution in [1.82, 2.24) is 5.32 Å². The number of piperidine rings is 1. The molecule has 2 aliphatic rings. The van der Waals surface area contributed by atoms with Crippen molar-refractivity contribution in [2.45, 2.75) is 24.9 Å². The lowest BCUT2D eigenvalue weighted by atomic mass is 9.83. The number of hydrogen-bond acceptors (Lipinski definition) is 5. The van der Waals surface area contributed by atoms with E-state index in [2.05, 4.69) is 10.1 Å². The molecule has 5 heteroatoms. The maximum atomic E-state index is 12.4. The van der Waals surface area contributed by atoms with Crippen molar-refractivity contribution in [3.05, 3.63) is 35.4 Å². The van der Waals surface area contributed by atoms with Gasteiger partial charge in [-0.15, -0.1) is 0 Å². The van der Waals surface area contributed by atoms with Crippen molar-refractivity contribution in [3.8, 4) is 5.75 Å². The first-order valence-electron chi connectivity index (χ1n) is 7.45. The summed E-state index contributed by atoms with van der Waals surface area (Å²) in [7, 11) is 1.34. The fraction of sp³-hybridized carbons (Fsp3) is 0.412. The van der Waals surface area contributed by atoms with Crippen LogP contribution in [0.15, 0.2) is 24.3 Å². The van der Waals surface area contributed by atoms with Gasteiger partial charge in [-0.25, -0.2) is 4.79 Å². The zero-order valence-electron chi connectivity index (χ0n) is 12.6. The fourth-order valence-electron chi connectivity index (χ4n) is 3.01. The zero-order valence-corrected chi connectivity index (χ0v) is 12.6. The number of carbonyl (C=O) groups excluding carboxylic acids is 2. The summed E-state index contributed by atoms with van der Waals surface area (Å²) in [6.07, 6.45) is 5.12. The largest absolute Gasteiger partial charge is 0.486 e. The van der Waals surface area contributed by atoms with Crippen LogP contribution in [0.1, 0.15) is 35.2 Å². The molecular formula is C17H19NO4. The molecule has 0 atom stereocenters. The van der Waals surface area contributed by atoms with E-state index in [1.165, 1.54) is 13.2 Å². The maximum Gasteiger partial charge on any atom is 0.330 e. The van der Waals surface area contributed by atoms with Crippen molar-refractivity contribution in [3.63, 3.8) is 0 Å². The highest BCUT2D eigenvalue weighted by atomic mass is 16.5. The van der Waals surface area contributed by atoms with Gasteiger partial charge in [-0.1, -0.05) is 6.07 Å². The maximum absolute atomic E-state index is 12.4. The van der Waals surface area contributed by atoms with Crippen LogP contribution in [0.5, 0.6) is 5.75 Å². The van der Waals surface area contributed by atoms with Crippen LogP contribution in [0.3, 0.4) is 0 Å². The predicted octanol–water partition coefficient (Wildman–Crippen LogP) is 1.96. The van der Waals surface area contributed by atoms with Crippen molar-refractivity contribution < 1.29 is 19.1 Å². The lowest BCUT2D eigenvalue weighted by molar-refractivity contribution is -0.134. The van der Waals surface area contributed by atoms with E-state index in [4.69, 9.17) is 4.74 Å². The van der Waals surface area contributed by atoms with E-state index >= 15 is 0 Å². The summed E-state index contributed by atoms with van der Waals surface area (Å²) in [6, 6.07) is 5.39. The van der Waals surface area contributed by atoms with Crippen LogP contribution in [0, 0.1) is 0 Å². The third-order valence-corrected chi connectivity index (χ3v) is 4.24. The quantitative estimate of drug-likeness (QED) is 0.668. The summed E-state index contributed by atoms with van der Waals surface area (Å²) in [4.78, 5) is 23.6. The Hall–Kier alpha value is -2.14. The standard InChI is InChI=1S/C17H19NO4/c1-21-16(20)5-3-12-2-4-13-14(19)11-17(22-15(13)10-12)6-8-18-9-7-17/h2-5,10,18H,6-9,11H2,1H3/b5-3+. The van der Waals surface area contributed by atoms with E-state index in [1.54, 1.807) is 18.2 Å². The Morgan fingerprint density at radius 3 is 2.86 bits per heavy atom. The second kappa shape index (κ2) is 5.93. The van der Waals surface area contributed by atoms with Gasteiger partial charge in [0.2, 0.25) is 0 Å². The van der Waals surface area contributed by atoms with Crippen LogP contribution < -0.4 is 10.1 Å². The molecule has 1 spiro atoms. The number of ether oxygens (including phenoxy) is 2. The van der Waals surface area contributed by atoms with Crippen molar-refractivity contribution in [2.75, 3.05) is 20.2 Å². The smallest absolute Gasteiger partial charge is 0.330 e. The molecule has 0 aromatic heterocycles. The molecule has 1 saturated heterocycles. The molecule has 0 unspecified atom stereocenters. The molecule has 0 radical (unpaired) electrons. The molecule has 5 nitrogen and oxygen atoms in total. The van der Waals surface area contributed by atoms with E-state index < -0.39 is 5.97 Å². The van der Waals surface area contributed by atoms with Crippen LogP contribution in [0.2, 0.25) is 0 Å². The van der Waals surface area contributed by atoms with E-state index in [1.807, 2.05) is 6.07 Å². The number of rotatable bonds is 2. The molecule has 1 aromatic carbocycles. The molecule has 2 heterocycles. The zero-order chi connectivity index (χ0) is 15.6. The summed E-state index contributed by atoms with van der Waals surface area (Å²) >= 11 is 0. The Bertz CT molecular complexity index is 630. The average Bonchev–Trinajstić information content (AvgIpc) is 2.52. The highest BCUT2D eigenvalue weighted by Gasteiger charge is 2.41. The van der Waals surface area contributed by atoms with Crippen LogP contribution >= 0.6 is 0 Å². The van der Waals surface area contributed by atoms with Crippen molar-refractivity contribution >= 4 is 17.8 Å². The third kappa shape index (κ3) is 2.90. The number of nitrogens with one attached hydrogen (secondary N) is 1. The Labute approximate surface area is 129 Å². The molecule has 22 heavy (non-hydrogen) atoms. The predicted molar refractivity (Wildman–Crippen MR) is 81.9 cm³/mol. The molecule has 0 aliphatic carbocycles. The van der Waals surface area contributed by atoms with Gasteiger partial charge >= 0.3 is 5.97 Å². The van der Waals surface area contributed by atoms with Gasteiger partial charge in [0, 0.05) is 18.9 Å². The molecule has 1 aromatic rings. The first-order valence-corrected chi connectivity index (χ1v) is 7.45. The number of hydrogen-bond donors (Lipinski definition) is 1. The van der Waals surface area contributed by atoms with Crippen LogP contribution in [0.4, 0.5) is 0 Å². The summed E-state index contributed by atoms with van der Waals surface area (Å²) < 4.78 is 10.8. The van der Waals surface area contributed by atoms with E-state index in [0.717, 1.165) is 31.5 Å². The summed E-state index contributed by atoms with van der Waals surface area (Å²) in [5.74, 6) is 0.335. The van der Waals surface area contributed by atoms with Gasteiger partial charge in [0.15, 0.2) is 5.78 Å². The first kappa shape index (κ1) is 14.8. The van der Waals surface area contributed by atoms with Gasteiger partial charge in [-0.3, -0.25) is 4.79 Å². The Morgan fingerprint density at radius 2 is 2.14 bits per heavy atom. The molecule has 0 saturated carbocycles. The first-order chi connectivity index (χ1) is 10.6. The molecule has 2 aliphatic heterocycles. The third-order valence-electron chi connectivity index (χ3n) is 4.24. The highest BCUT2D eigenvalue weighted by Crippen LogP contribution is 2.38. The van der Waals surface area contributed by atoms with E-state index in [-0.39, 0.29) is 11.4 Å². The Kier molecular flexibility index (Phi) is 3.98. The number of benzene rings is 1. The molecule has 1 N–H and O–H groups in total. The minimum Gasteiger partial charge on any atom is -0.486 e. The highest BCUT2D eigenvalue weighted by molar-refractivity contribution is 6.00. The summed E-state index contributed by atoms with van der Waals surface area (Å²) in [5.41, 5.74) is 1.06. The summed E-state index contributed by atoms with van der Waals surface area (Å²) in [6.45, 7) is 1.73. The Balaban J connectivity index is 1.87. The van der Waals surface area contributed by atoms with Gasteiger partial charge in [-0.05, 0) is 36.9 Å². The van der Waals surface area contributed by atoms with Crippen LogP contribution in [-0.4, -0.2) is 37.6 Å². The second-order valence-corrected chi connectivity index (χ2v) is 5.75. The van der Waals surface area contributed by atoms with Gasteiger partial charge in [0.05, 0.1) is 19.1 Å². The molecule has 1 fully saturated rings. The lowest BCUT2D eigenvalue weighted by Gasteiger charge is -2.40.